The number of nitrogens with zero attached hydrogens (tertiary/aromatic N) is 1. The number of rotatable bonds is 7. The number of carbonyl (C=O) groups excluding carboxylic acids is 1. The lowest BCUT2D eigenvalue weighted by Crippen LogP contribution is -2.35. The summed E-state index contributed by atoms with van der Waals surface area (Å²) < 4.78 is 46.1. The number of nitrogens with one attached hydrogen (secondary N) is 2. The second-order valence-corrected chi connectivity index (χ2v) is 8.39. The fourth-order valence-electron chi connectivity index (χ4n) is 4.05. The molecule has 0 radical (unpaired) electrons. The van der Waals surface area contributed by atoms with E-state index in [0.717, 1.165) is 18.1 Å². The van der Waals surface area contributed by atoms with E-state index in [-0.39, 0.29) is 28.1 Å². The van der Waals surface area contributed by atoms with Gasteiger partial charge in [-0.15, -0.1) is 0 Å². The summed E-state index contributed by atoms with van der Waals surface area (Å²) in [6.07, 6.45) is -3.17. The third kappa shape index (κ3) is 5.18. The van der Waals surface area contributed by atoms with Gasteiger partial charge in [0, 0.05) is 42.2 Å². The van der Waals surface area contributed by atoms with Gasteiger partial charge in [-0.05, 0) is 24.1 Å². The van der Waals surface area contributed by atoms with Gasteiger partial charge in [-0.3, -0.25) is 4.79 Å². The number of halogens is 4. The molecule has 1 aliphatic rings. The van der Waals surface area contributed by atoms with Crippen molar-refractivity contribution < 1.29 is 22.7 Å². The van der Waals surface area contributed by atoms with Gasteiger partial charge in [-0.25, -0.2) is 4.98 Å². The van der Waals surface area contributed by atoms with Gasteiger partial charge in [0.15, 0.2) is 0 Å². The van der Waals surface area contributed by atoms with Crippen molar-refractivity contribution >= 4 is 17.5 Å². The molecular formula is C25H23ClF3N3O2. The number of amides is 1. The fourth-order valence-corrected chi connectivity index (χ4v) is 4.37. The Balaban J connectivity index is 1.60. The first-order valence-electron chi connectivity index (χ1n) is 10.8. The van der Waals surface area contributed by atoms with Crippen molar-refractivity contribution in [3.05, 3.63) is 70.7 Å². The number of benzene rings is 2. The largest absolute Gasteiger partial charge is 0.481 e. The SMILES string of the molecule is COc1nc(-c2cccc(-c3ccccc3C(F)(F)F)c2Cl)ccc1CNC[C@@H]1CCC(=O)N1. The van der Waals surface area contributed by atoms with E-state index in [1.807, 2.05) is 6.07 Å². The lowest BCUT2D eigenvalue weighted by atomic mass is 9.96. The highest BCUT2D eigenvalue weighted by atomic mass is 35.5. The zero-order valence-electron chi connectivity index (χ0n) is 18.4. The average molecular weight is 490 g/mol. The molecule has 34 heavy (non-hydrogen) atoms. The standard InChI is InChI=1S/C25H23ClF3N3O2/c1-34-24-15(13-30-14-16-10-12-22(33)31-16)9-11-21(32-24)19-7-4-6-18(23(19)26)17-5-2-3-8-20(17)25(27,28)29/h2-9,11,16,30H,10,12-14H2,1H3,(H,31,33)/t16-/m0/s1. The Hall–Kier alpha value is -3.10. The van der Waals surface area contributed by atoms with Crippen LogP contribution in [0.1, 0.15) is 24.0 Å². The monoisotopic (exact) mass is 489 g/mol. The van der Waals surface area contributed by atoms with Crippen molar-refractivity contribution in [2.24, 2.45) is 0 Å². The molecule has 2 N–H and O–H groups in total. The van der Waals surface area contributed by atoms with E-state index in [9.17, 15) is 18.0 Å². The van der Waals surface area contributed by atoms with Crippen LogP contribution >= 0.6 is 11.6 Å². The normalized spacial score (nSPS) is 15.9. The van der Waals surface area contributed by atoms with Crippen molar-refractivity contribution in [2.75, 3.05) is 13.7 Å². The molecule has 1 amide bonds. The van der Waals surface area contributed by atoms with Crippen LogP contribution in [-0.4, -0.2) is 30.6 Å². The quantitative estimate of drug-likeness (QED) is 0.462. The summed E-state index contributed by atoms with van der Waals surface area (Å²) in [5, 5.41) is 6.37. The Morgan fingerprint density at radius 2 is 1.82 bits per heavy atom. The Kier molecular flexibility index (Phi) is 7.09. The highest BCUT2D eigenvalue weighted by molar-refractivity contribution is 6.36. The molecule has 0 aliphatic carbocycles. The molecular weight excluding hydrogens is 467 g/mol. The van der Waals surface area contributed by atoms with Gasteiger partial charge in [0.1, 0.15) is 0 Å². The zero-order valence-corrected chi connectivity index (χ0v) is 19.1. The lowest BCUT2D eigenvalue weighted by molar-refractivity contribution is -0.137. The number of ether oxygens (including phenoxy) is 1. The summed E-state index contributed by atoms with van der Waals surface area (Å²) in [6.45, 7) is 1.11. The molecule has 5 nitrogen and oxygen atoms in total. The van der Waals surface area contributed by atoms with Crippen LogP contribution in [0.15, 0.2) is 54.6 Å². The minimum Gasteiger partial charge on any atom is -0.481 e. The van der Waals surface area contributed by atoms with Gasteiger partial charge in [0.05, 0.1) is 23.4 Å². The van der Waals surface area contributed by atoms with Crippen molar-refractivity contribution in [1.29, 1.82) is 0 Å². The summed E-state index contributed by atoms with van der Waals surface area (Å²) in [7, 11) is 1.50. The van der Waals surface area contributed by atoms with Crippen LogP contribution in [0.2, 0.25) is 5.02 Å². The molecule has 2 heterocycles. The van der Waals surface area contributed by atoms with E-state index in [1.165, 1.54) is 19.2 Å². The minimum absolute atomic E-state index is 0.00800. The number of pyridine rings is 1. The Morgan fingerprint density at radius 3 is 2.53 bits per heavy atom. The highest BCUT2D eigenvalue weighted by Crippen LogP contribution is 2.42. The molecule has 1 fully saturated rings. The molecule has 1 aliphatic heterocycles. The highest BCUT2D eigenvalue weighted by Gasteiger charge is 2.34. The summed E-state index contributed by atoms with van der Waals surface area (Å²) in [5.41, 5.74) is 1.33. The van der Waals surface area contributed by atoms with E-state index < -0.39 is 11.7 Å². The van der Waals surface area contributed by atoms with Crippen LogP contribution in [0, 0.1) is 0 Å². The number of aromatic nitrogens is 1. The molecule has 2 aromatic carbocycles. The van der Waals surface area contributed by atoms with Crippen molar-refractivity contribution in [1.82, 2.24) is 15.6 Å². The van der Waals surface area contributed by atoms with E-state index in [0.29, 0.717) is 36.6 Å². The number of hydrogen-bond acceptors (Lipinski definition) is 4. The molecule has 4 rings (SSSR count). The topological polar surface area (TPSA) is 63.2 Å². The van der Waals surface area contributed by atoms with Gasteiger partial charge in [-0.1, -0.05) is 54.1 Å². The second kappa shape index (κ2) is 10.0. The first kappa shape index (κ1) is 24.0. The Morgan fingerprint density at radius 1 is 1.09 bits per heavy atom. The number of alkyl halides is 3. The molecule has 3 aromatic rings. The predicted octanol–water partition coefficient (Wildman–Crippen LogP) is 5.46. The number of methoxy groups -OCH3 is 1. The zero-order chi connectivity index (χ0) is 24.3. The Labute approximate surface area is 200 Å². The maximum absolute atomic E-state index is 13.6. The van der Waals surface area contributed by atoms with Crippen LogP contribution in [-0.2, 0) is 17.5 Å². The summed E-state index contributed by atoms with van der Waals surface area (Å²) in [6, 6.07) is 14.0. The maximum Gasteiger partial charge on any atom is 0.417 e. The van der Waals surface area contributed by atoms with Crippen LogP contribution in [0.3, 0.4) is 0 Å². The molecule has 1 aromatic heterocycles. The van der Waals surface area contributed by atoms with Crippen LogP contribution in [0.4, 0.5) is 13.2 Å². The maximum atomic E-state index is 13.6. The summed E-state index contributed by atoms with van der Waals surface area (Å²) in [4.78, 5) is 15.9. The van der Waals surface area contributed by atoms with Gasteiger partial charge in [0.2, 0.25) is 11.8 Å². The molecule has 178 valence electrons. The smallest absolute Gasteiger partial charge is 0.417 e. The van der Waals surface area contributed by atoms with E-state index in [4.69, 9.17) is 16.3 Å². The van der Waals surface area contributed by atoms with Crippen LogP contribution < -0.4 is 15.4 Å². The second-order valence-electron chi connectivity index (χ2n) is 8.01. The van der Waals surface area contributed by atoms with Gasteiger partial charge in [0.25, 0.3) is 0 Å². The van der Waals surface area contributed by atoms with E-state index in [1.54, 1.807) is 30.3 Å². The molecule has 0 bridgehead atoms. The van der Waals surface area contributed by atoms with Crippen LogP contribution in [0.5, 0.6) is 5.88 Å². The molecule has 0 saturated carbocycles. The first-order valence-corrected chi connectivity index (χ1v) is 11.1. The molecule has 1 saturated heterocycles. The summed E-state index contributed by atoms with van der Waals surface area (Å²) >= 11 is 6.61. The first-order chi connectivity index (χ1) is 16.3. The van der Waals surface area contributed by atoms with Gasteiger partial charge >= 0.3 is 6.18 Å². The lowest BCUT2D eigenvalue weighted by Gasteiger charge is -2.16. The number of carbonyl (C=O) groups is 1. The minimum atomic E-state index is -4.51. The Bertz CT molecular complexity index is 1200. The van der Waals surface area contributed by atoms with Gasteiger partial charge in [-0.2, -0.15) is 13.2 Å². The predicted molar refractivity (Wildman–Crippen MR) is 125 cm³/mol. The van der Waals surface area contributed by atoms with Crippen LogP contribution in [0.25, 0.3) is 22.4 Å². The summed E-state index contributed by atoms with van der Waals surface area (Å²) in [5.74, 6) is 0.449. The molecule has 9 heteroatoms. The third-order valence-corrected chi connectivity index (χ3v) is 6.13. The van der Waals surface area contributed by atoms with Crippen molar-refractivity contribution in [3.63, 3.8) is 0 Å². The van der Waals surface area contributed by atoms with E-state index in [2.05, 4.69) is 15.6 Å². The van der Waals surface area contributed by atoms with Crippen molar-refractivity contribution in [2.45, 2.75) is 31.6 Å². The van der Waals surface area contributed by atoms with Crippen molar-refractivity contribution in [3.8, 4) is 28.3 Å². The molecule has 1 atom stereocenters. The molecule has 0 unspecified atom stereocenters. The number of hydrogen-bond donors (Lipinski definition) is 2. The van der Waals surface area contributed by atoms with E-state index >= 15 is 0 Å². The fraction of sp³-hybridized carbons (Fsp3) is 0.280. The van der Waals surface area contributed by atoms with Gasteiger partial charge < -0.3 is 15.4 Å². The third-order valence-electron chi connectivity index (χ3n) is 5.72. The average Bonchev–Trinajstić information content (AvgIpc) is 3.24. The molecule has 0 spiro atoms.